The molecule has 0 aliphatic heterocycles. The fraction of sp³-hybridized carbons (Fsp3) is 0.440. The molecule has 6 rings (SSSR count). The van der Waals surface area contributed by atoms with Crippen LogP contribution in [0.1, 0.15) is 38.5 Å². The topological polar surface area (TPSA) is 162 Å². The predicted molar refractivity (Wildman–Crippen MR) is 140 cm³/mol. The molecule has 0 saturated heterocycles. The first-order valence-electron chi connectivity index (χ1n) is 12.0. The van der Waals surface area contributed by atoms with Gasteiger partial charge in [-0.15, -0.1) is 0 Å². The van der Waals surface area contributed by atoms with Crippen LogP contribution in [0.5, 0.6) is 5.75 Å². The van der Waals surface area contributed by atoms with Gasteiger partial charge in [-0.1, -0.05) is 18.2 Å². The second-order valence-corrected chi connectivity index (χ2v) is 14.5. The van der Waals surface area contributed by atoms with Crippen LogP contribution in [0.2, 0.25) is 0 Å². The van der Waals surface area contributed by atoms with Crippen molar-refractivity contribution in [1.29, 1.82) is 0 Å². The van der Waals surface area contributed by atoms with Crippen LogP contribution in [0.3, 0.4) is 0 Å². The van der Waals surface area contributed by atoms with Crippen LogP contribution in [-0.2, 0) is 29.7 Å². The van der Waals surface area contributed by atoms with Gasteiger partial charge >= 0.3 is 5.97 Å². The lowest BCUT2D eigenvalue weighted by atomic mass is 9.47. The molecule has 2 aromatic rings. The number of benzene rings is 2. The van der Waals surface area contributed by atoms with Gasteiger partial charge in [0.2, 0.25) is 0 Å². The van der Waals surface area contributed by atoms with Crippen molar-refractivity contribution in [3.05, 3.63) is 52.1 Å². The lowest BCUT2D eigenvalue weighted by molar-refractivity contribution is -0.254. The first kappa shape index (κ1) is 27.3. The molecule has 4 aliphatic rings. The minimum atomic E-state index is -4.63. The highest BCUT2D eigenvalue weighted by atomic mass is 127. The highest BCUT2D eigenvalue weighted by Gasteiger charge is 2.60. The van der Waals surface area contributed by atoms with Gasteiger partial charge in [-0.25, -0.2) is 13.2 Å². The molecule has 0 aromatic heterocycles. The Morgan fingerprint density at radius 1 is 1.03 bits per heavy atom. The second-order valence-electron chi connectivity index (χ2n) is 10.4. The molecule has 2 unspecified atom stereocenters. The summed E-state index contributed by atoms with van der Waals surface area (Å²) in [7, 11) is -8.79. The van der Waals surface area contributed by atoms with Gasteiger partial charge < -0.3 is 19.1 Å². The van der Waals surface area contributed by atoms with E-state index in [4.69, 9.17) is 9.47 Å². The Bertz CT molecular complexity index is 1490. The van der Waals surface area contributed by atoms with Crippen molar-refractivity contribution in [2.75, 3.05) is 6.61 Å². The number of esters is 1. The normalized spacial score (nSPS) is 28.7. The number of carbonyl (C=O) groups is 1. The number of rotatable bonds is 8. The fourth-order valence-corrected chi connectivity index (χ4v) is 9.43. The molecule has 0 heterocycles. The molecule has 204 valence electrons. The van der Waals surface area contributed by atoms with E-state index in [1.165, 1.54) is 24.3 Å². The van der Waals surface area contributed by atoms with Crippen molar-refractivity contribution in [1.82, 2.24) is 0 Å². The Hall–Kier alpha value is -2.23. The zero-order valence-corrected chi connectivity index (χ0v) is 23.8. The lowest BCUT2D eigenvalue weighted by Crippen LogP contribution is -2.61. The molecular formula is C25H24INO9S2-2. The number of halogens is 1. The maximum atomic E-state index is 13.4. The maximum absolute atomic E-state index is 13.4. The first-order valence-corrected chi connectivity index (χ1v) is 15.9. The number of ether oxygens (including phenoxy) is 2. The van der Waals surface area contributed by atoms with Gasteiger partial charge in [-0.3, -0.25) is 0 Å². The van der Waals surface area contributed by atoms with E-state index in [1.807, 2.05) is 0 Å². The number of hydrogen-bond acceptors (Lipinski definition) is 9. The summed E-state index contributed by atoms with van der Waals surface area (Å²) in [5.74, 6) is -0.909. The van der Waals surface area contributed by atoms with E-state index in [2.05, 4.69) is 4.40 Å². The van der Waals surface area contributed by atoms with Crippen LogP contribution in [-0.4, -0.2) is 45.5 Å². The Morgan fingerprint density at radius 3 is 2.29 bits per heavy atom. The molecule has 4 bridgehead atoms. The van der Waals surface area contributed by atoms with E-state index in [9.17, 15) is 31.3 Å². The summed E-state index contributed by atoms with van der Waals surface area (Å²) in [5.41, 5.74) is -1.90. The molecule has 13 heteroatoms. The molecule has 2 atom stereocenters. The van der Waals surface area contributed by atoms with Crippen molar-refractivity contribution in [3.63, 3.8) is 0 Å². The summed E-state index contributed by atoms with van der Waals surface area (Å²) in [6.45, 7) is -0.454. The Balaban J connectivity index is 1.31. The van der Waals surface area contributed by atoms with E-state index < -0.39 is 49.6 Å². The van der Waals surface area contributed by atoms with E-state index >= 15 is 0 Å². The summed E-state index contributed by atoms with van der Waals surface area (Å²) in [6.07, 6.45) is 3.30. The van der Waals surface area contributed by atoms with Gasteiger partial charge in [0.1, 0.15) is 21.5 Å². The van der Waals surface area contributed by atoms with Crippen molar-refractivity contribution in [3.8, 4) is 5.75 Å². The molecule has 4 fully saturated rings. The van der Waals surface area contributed by atoms with E-state index in [0.717, 1.165) is 12.5 Å². The Morgan fingerprint density at radius 2 is 1.68 bits per heavy atom. The molecule has 4 saturated carbocycles. The van der Waals surface area contributed by atoms with Gasteiger partial charge in [0.05, 0.1) is 9.79 Å². The largest absolute Gasteiger partial charge is 0.861 e. The van der Waals surface area contributed by atoms with Crippen LogP contribution >= 0.6 is 22.6 Å². The van der Waals surface area contributed by atoms with Gasteiger partial charge in [0.25, 0.3) is 10.0 Å². The van der Waals surface area contributed by atoms with Crippen LogP contribution < -0.4 is 9.84 Å². The van der Waals surface area contributed by atoms with Crippen molar-refractivity contribution in [2.24, 2.45) is 21.6 Å². The van der Waals surface area contributed by atoms with Gasteiger partial charge in [-0.05, 0) is 109 Å². The molecule has 0 N–H and O–H groups in total. The lowest BCUT2D eigenvalue weighted by Gasteiger charge is -2.62. The summed E-state index contributed by atoms with van der Waals surface area (Å²) < 4.78 is 74.6. The third-order valence-corrected chi connectivity index (χ3v) is 11.0. The minimum absolute atomic E-state index is 0.0492. The van der Waals surface area contributed by atoms with E-state index in [0.29, 0.717) is 25.7 Å². The highest BCUT2D eigenvalue weighted by Crippen LogP contribution is 2.63. The molecule has 2 aromatic carbocycles. The van der Waals surface area contributed by atoms with Gasteiger partial charge in [0.15, 0.2) is 6.61 Å². The number of carbonyl (C=O) groups excluding carboxylic acids is 1. The Kier molecular flexibility index (Phi) is 7.02. The van der Waals surface area contributed by atoms with Crippen LogP contribution in [0.15, 0.2) is 62.7 Å². The second kappa shape index (κ2) is 9.75. The molecule has 0 radical (unpaired) electrons. The van der Waals surface area contributed by atoms with Crippen molar-refractivity contribution >= 4 is 54.6 Å². The average Bonchev–Trinajstić information content (AvgIpc) is 2.81. The maximum Gasteiger partial charge on any atom is 0.344 e. The van der Waals surface area contributed by atoms with Gasteiger partial charge in [-0.2, -0.15) is 12.8 Å². The summed E-state index contributed by atoms with van der Waals surface area (Å²) in [5, 5.41) is 13.4. The zero-order chi connectivity index (χ0) is 27.3. The van der Waals surface area contributed by atoms with Crippen molar-refractivity contribution in [2.45, 2.75) is 53.9 Å². The SMILES string of the molecule is O=C(COc1ccc(S(=O)(=O)[O-])c(I)c1)OC12CC3CC(C1)CC(/C([O-])=N/S(=O)(=O)c1ccccc1)(C3)C2. The van der Waals surface area contributed by atoms with Crippen LogP contribution in [0, 0.1) is 20.8 Å². The molecule has 0 spiro atoms. The highest BCUT2D eigenvalue weighted by molar-refractivity contribution is 14.1. The molecule has 0 amide bonds. The molecule has 38 heavy (non-hydrogen) atoms. The van der Waals surface area contributed by atoms with Crippen LogP contribution in [0.25, 0.3) is 0 Å². The third-order valence-electron chi connectivity index (χ3n) is 7.56. The molecular weight excluding hydrogens is 649 g/mol. The summed E-state index contributed by atoms with van der Waals surface area (Å²) in [6, 6.07) is 11.3. The predicted octanol–water partition coefficient (Wildman–Crippen LogP) is 2.60. The summed E-state index contributed by atoms with van der Waals surface area (Å²) >= 11 is 1.70. The van der Waals surface area contributed by atoms with E-state index in [1.54, 1.807) is 40.8 Å². The third kappa shape index (κ3) is 5.42. The smallest absolute Gasteiger partial charge is 0.344 e. The standard InChI is InChI=1S/C25H26INO9S2/c26-20-9-18(6-7-21(20)38(32,33)34)35-14-22(28)36-25-12-16-8-17(13-25)11-24(10-16,15-25)23(29)27-37(30,31)19-4-2-1-3-5-19/h1-7,9,16-17H,8,10-15H2,(H,27,29)(H,32,33,34)/p-2. The number of hydrogen-bond donors (Lipinski definition) is 0. The monoisotopic (exact) mass is 673 g/mol. The first-order chi connectivity index (χ1) is 17.8. The quantitative estimate of drug-likeness (QED) is 0.135. The summed E-state index contributed by atoms with van der Waals surface area (Å²) in [4.78, 5) is 12.4. The van der Waals surface area contributed by atoms with Gasteiger partial charge in [0, 0.05) is 8.99 Å². The minimum Gasteiger partial charge on any atom is -0.861 e. The van der Waals surface area contributed by atoms with Crippen molar-refractivity contribution < 1.29 is 40.8 Å². The number of sulfonamides is 1. The zero-order valence-electron chi connectivity index (χ0n) is 20.0. The molecule has 4 aliphatic carbocycles. The van der Waals surface area contributed by atoms with Crippen LogP contribution in [0.4, 0.5) is 0 Å². The fourth-order valence-electron chi connectivity index (χ4n) is 6.59. The average molecular weight is 674 g/mol. The molecule has 10 nitrogen and oxygen atoms in total. The number of nitrogens with zero attached hydrogens (tertiary/aromatic N) is 1. The Labute approximate surface area is 234 Å². The van der Waals surface area contributed by atoms with E-state index in [-0.39, 0.29) is 37.4 Å².